The van der Waals surface area contributed by atoms with Gasteiger partial charge < -0.3 is 10.4 Å². The van der Waals surface area contributed by atoms with Gasteiger partial charge >= 0.3 is 5.97 Å². The summed E-state index contributed by atoms with van der Waals surface area (Å²) in [5.41, 5.74) is 4.76. The van der Waals surface area contributed by atoms with Crippen LogP contribution in [-0.2, 0) is 14.4 Å². The molecule has 1 aliphatic rings. The number of rotatable bonds is 14. The zero-order valence-electron chi connectivity index (χ0n) is 19.1. The fourth-order valence-electron chi connectivity index (χ4n) is 3.10. The number of hydrogen-bond donors (Lipinski definition) is 4. The van der Waals surface area contributed by atoms with Crippen LogP contribution in [0.25, 0.3) is 0 Å². The van der Waals surface area contributed by atoms with Gasteiger partial charge in [-0.05, 0) is 59.8 Å². The van der Waals surface area contributed by atoms with E-state index in [0.29, 0.717) is 12.2 Å². The minimum absolute atomic E-state index is 0.0688. The Hall–Kier alpha value is -2.06. The molecular formula is C23H37N3O4S. The first kappa shape index (κ1) is 27.0. The molecule has 0 aromatic rings. The number of hydrogen-bond acceptors (Lipinski definition) is 5. The van der Waals surface area contributed by atoms with E-state index in [0.717, 1.165) is 25.7 Å². The van der Waals surface area contributed by atoms with Crippen molar-refractivity contribution in [2.24, 2.45) is 5.84 Å². The number of nitrogens with one attached hydrogen (secondary N) is 2. The molecule has 31 heavy (non-hydrogen) atoms. The summed E-state index contributed by atoms with van der Waals surface area (Å²) in [6, 6.07) is 0. The van der Waals surface area contributed by atoms with Gasteiger partial charge in [-0.2, -0.15) is 11.8 Å². The highest BCUT2D eigenvalue weighted by Gasteiger charge is 2.61. The molecule has 1 saturated carbocycles. The Morgan fingerprint density at radius 1 is 0.968 bits per heavy atom. The van der Waals surface area contributed by atoms with Crippen molar-refractivity contribution in [3.05, 3.63) is 34.9 Å². The Bertz CT molecular complexity index is 741. The van der Waals surface area contributed by atoms with E-state index < -0.39 is 23.3 Å². The molecule has 0 aliphatic heterocycles. The lowest BCUT2D eigenvalue weighted by molar-refractivity contribution is -0.143. The molecule has 0 aromatic carbocycles. The Balaban J connectivity index is 2.39. The third-order valence-corrected chi connectivity index (χ3v) is 6.56. The summed E-state index contributed by atoms with van der Waals surface area (Å²) in [4.78, 5) is 34.8. The summed E-state index contributed by atoms with van der Waals surface area (Å²) in [6.07, 6.45) is 11.1. The zero-order valence-corrected chi connectivity index (χ0v) is 19.9. The first-order valence-electron chi connectivity index (χ1n) is 10.7. The fourth-order valence-corrected chi connectivity index (χ4v) is 4.54. The van der Waals surface area contributed by atoms with Gasteiger partial charge in [0.2, 0.25) is 11.8 Å². The van der Waals surface area contributed by atoms with Crippen LogP contribution in [0.3, 0.4) is 0 Å². The van der Waals surface area contributed by atoms with E-state index >= 15 is 0 Å². The van der Waals surface area contributed by atoms with Crippen molar-refractivity contribution in [2.45, 2.75) is 83.4 Å². The van der Waals surface area contributed by atoms with Gasteiger partial charge in [0.1, 0.15) is 0 Å². The minimum Gasteiger partial charge on any atom is -0.479 e. The van der Waals surface area contributed by atoms with Crippen LogP contribution < -0.4 is 16.6 Å². The van der Waals surface area contributed by atoms with Crippen molar-refractivity contribution in [1.82, 2.24) is 10.7 Å². The minimum atomic E-state index is -1.23. The third kappa shape index (κ3) is 10.2. The van der Waals surface area contributed by atoms with E-state index in [2.05, 4.69) is 51.2 Å². The maximum absolute atomic E-state index is 12.0. The second-order valence-corrected chi connectivity index (χ2v) is 9.61. The number of carboxylic acid groups (broad SMARTS) is 1. The Morgan fingerprint density at radius 3 is 2.13 bits per heavy atom. The average Bonchev–Trinajstić information content (AvgIpc) is 3.39. The van der Waals surface area contributed by atoms with Crippen LogP contribution in [-0.4, -0.2) is 39.4 Å². The molecule has 1 unspecified atom stereocenters. The standard InChI is InChI=1S/C23H37N3O4S/c1-16(2)7-5-8-17(3)9-6-10-18(4)13-14-31-19-15-23(19,22(29)30)25-20(27)11-12-21(28)26-24/h7,9,13,19H,5-6,8,10-12,14-15,24H2,1-4H3,(H,25,27)(H,26,28)(H,29,30)/b17-9+,18-13+/t19-,23?/m1/s1. The molecule has 2 amide bonds. The van der Waals surface area contributed by atoms with Crippen LogP contribution in [0.15, 0.2) is 34.9 Å². The largest absolute Gasteiger partial charge is 0.479 e. The van der Waals surface area contributed by atoms with Crippen LogP contribution in [0.2, 0.25) is 0 Å². The maximum Gasteiger partial charge on any atom is 0.330 e. The molecule has 174 valence electrons. The highest BCUT2D eigenvalue weighted by Crippen LogP contribution is 2.46. The van der Waals surface area contributed by atoms with Gasteiger partial charge in [-0.25, -0.2) is 10.6 Å². The van der Waals surface area contributed by atoms with Crippen molar-refractivity contribution >= 4 is 29.5 Å². The van der Waals surface area contributed by atoms with Gasteiger partial charge in [0.05, 0.1) is 0 Å². The molecule has 5 N–H and O–H groups in total. The predicted molar refractivity (Wildman–Crippen MR) is 126 cm³/mol. The molecule has 2 atom stereocenters. The summed E-state index contributed by atoms with van der Waals surface area (Å²) >= 11 is 1.54. The van der Waals surface area contributed by atoms with Gasteiger partial charge in [0.25, 0.3) is 0 Å². The van der Waals surface area contributed by atoms with Crippen LogP contribution in [0.1, 0.15) is 72.6 Å². The van der Waals surface area contributed by atoms with Crippen LogP contribution in [0.4, 0.5) is 0 Å². The Kier molecular flexibility index (Phi) is 11.6. The molecule has 8 heteroatoms. The Labute approximate surface area is 190 Å². The van der Waals surface area contributed by atoms with E-state index in [1.165, 1.54) is 28.5 Å². The lowest BCUT2D eigenvalue weighted by atomic mass is 10.1. The number of carbonyl (C=O) groups excluding carboxylic acids is 2. The van der Waals surface area contributed by atoms with E-state index in [4.69, 9.17) is 5.84 Å². The second kappa shape index (κ2) is 13.4. The average molecular weight is 452 g/mol. The van der Waals surface area contributed by atoms with Crippen molar-refractivity contribution in [3.63, 3.8) is 0 Å². The van der Waals surface area contributed by atoms with Gasteiger partial charge in [-0.1, -0.05) is 34.9 Å². The summed E-state index contributed by atoms with van der Waals surface area (Å²) in [5, 5.41) is 12.0. The lowest BCUT2D eigenvalue weighted by Gasteiger charge is -2.14. The molecule has 1 rings (SSSR count). The highest BCUT2D eigenvalue weighted by molar-refractivity contribution is 8.00. The first-order chi connectivity index (χ1) is 14.6. The molecule has 0 radical (unpaired) electrons. The number of carboxylic acids is 1. The molecule has 1 aliphatic carbocycles. The van der Waals surface area contributed by atoms with Crippen LogP contribution in [0, 0.1) is 0 Å². The maximum atomic E-state index is 12.0. The van der Waals surface area contributed by atoms with Crippen molar-refractivity contribution in [3.8, 4) is 0 Å². The van der Waals surface area contributed by atoms with Crippen LogP contribution in [0.5, 0.6) is 0 Å². The summed E-state index contributed by atoms with van der Waals surface area (Å²) in [7, 11) is 0. The first-order valence-corrected chi connectivity index (χ1v) is 11.8. The zero-order chi connectivity index (χ0) is 23.4. The van der Waals surface area contributed by atoms with Crippen molar-refractivity contribution in [2.75, 3.05) is 5.75 Å². The number of aliphatic carboxylic acids is 1. The van der Waals surface area contributed by atoms with Gasteiger partial charge in [-0.3, -0.25) is 15.0 Å². The summed E-state index contributed by atoms with van der Waals surface area (Å²) in [5.74, 6) is 3.75. The molecule has 0 bridgehead atoms. The fraction of sp³-hybridized carbons (Fsp3) is 0.609. The van der Waals surface area contributed by atoms with Gasteiger partial charge in [-0.15, -0.1) is 0 Å². The number of carbonyl (C=O) groups is 3. The molecule has 0 saturated heterocycles. The SMILES string of the molecule is CC(C)=CCC/C(C)=C/CC/C(C)=C/CS[C@@H]1CC1(NC(=O)CCC(=O)NN)C(=O)O. The molecular weight excluding hydrogens is 414 g/mol. The highest BCUT2D eigenvalue weighted by atomic mass is 32.2. The van der Waals surface area contributed by atoms with Gasteiger partial charge in [0, 0.05) is 23.8 Å². The third-order valence-electron chi connectivity index (χ3n) is 5.23. The lowest BCUT2D eigenvalue weighted by Crippen LogP contribution is -2.46. The number of nitrogens with two attached hydrogens (primary N) is 1. The number of thioether (sulfide) groups is 1. The quantitative estimate of drug-likeness (QED) is 0.138. The monoisotopic (exact) mass is 451 g/mol. The summed E-state index contributed by atoms with van der Waals surface area (Å²) < 4.78 is 0. The van der Waals surface area contributed by atoms with E-state index in [-0.39, 0.29) is 18.1 Å². The van der Waals surface area contributed by atoms with E-state index in [9.17, 15) is 19.5 Å². The number of amides is 2. The van der Waals surface area contributed by atoms with Crippen molar-refractivity contribution < 1.29 is 19.5 Å². The van der Waals surface area contributed by atoms with E-state index in [1.54, 1.807) is 0 Å². The topological polar surface area (TPSA) is 122 Å². The molecule has 7 nitrogen and oxygen atoms in total. The number of allylic oxidation sites excluding steroid dienone is 5. The second-order valence-electron chi connectivity index (χ2n) is 8.38. The van der Waals surface area contributed by atoms with E-state index in [1.807, 2.05) is 5.43 Å². The predicted octanol–water partition coefficient (Wildman–Crippen LogP) is 3.62. The smallest absolute Gasteiger partial charge is 0.330 e. The molecule has 1 fully saturated rings. The Morgan fingerprint density at radius 2 is 1.55 bits per heavy atom. The van der Waals surface area contributed by atoms with Crippen LogP contribution >= 0.6 is 11.8 Å². The molecule has 0 aromatic heterocycles. The molecule has 0 heterocycles. The normalized spacial score (nSPS) is 20.7. The number of hydrazine groups is 1. The molecule has 0 spiro atoms. The van der Waals surface area contributed by atoms with Gasteiger partial charge in [0.15, 0.2) is 5.54 Å². The summed E-state index contributed by atoms with van der Waals surface area (Å²) in [6.45, 7) is 8.49. The van der Waals surface area contributed by atoms with Crippen molar-refractivity contribution in [1.29, 1.82) is 0 Å².